The molecule has 1 aromatic heterocycles. The van der Waals surface area contributed by atoms with E-state index < -0.39 is 0 Å². The van der Waals surface area contributed by atoms with Gasteiger partial charge in [-0.3, -0.25) is 9.59 Å². The molecule has 8 heteroatoms. The summed E-state index contributed by atoms with van der Waals surface area (Å²) in [5.74, 6) is 1.98. The van der Waals surface area contributed by atoms with E-state index in [1.165, 1.54) is 24.6 Å². The van der Waals surface area contributed by atoms with Crippen LogP contribution in [0.3, 0.4) is 0 Å². The molecule has 1 aromatic carbocycles. The second-order valence-corrected chi connectivity index (χ2v) is 8.56. The van der Waals surface area contributed by atoms with E-state index in [1.54, 1.807) is 0 Å². The van der Waals surface area contributed by atoms with Crippen LogP contribution in [-0.2, 0) is 17.9 Å². The van der Waals surface area contributed by atoms with Crippen LogP contribution in [0.1, 0.15) is 60.3 Å². The van der Waals surface area contributed by atoms with Gasteiger partial charge < -0.3 is 14.8 Å². The minimum atomic E-state index is -0.0363. The van der Waals surface area contributed by atoms with Crippen LogP contribution in [0.4, 0.5) is 0 Å². The van der Waals surface area contributed by atoms with Crippen molar-refractivity contribution in [1.82, 2.24) is 25.0 Å². The van der Waals surface area contributed by atoms with Gasteiger partial charge in [0.1, 0.15) is 5.82 Å². The van der Waals surface area contributed by atoms with Crippen molar-refractivity contribution in [3.8, 4) is 0 Å². The average molecular weight is 414 g/mol. The first-order valence-corrected chi connectivity index (χ1v) is 11.3. The van der Waals surface area contributed by atoms with E-state index in [-0.39, 0.29) is 11.8 Å². The molecule has 1 saturated carbocycles. The van der Waals surface area contributed by atoms with E-state index in [1.807, 2.05) is 29.2 Å². The van der Waals surface area contributed by atoms with Gasteiger partial charge in [-0.1, -0.05) is 23.9 Å². The molecular weight excluding hydrogens is 386 g/mol. The number of benzene rings is 1. The summed E-state index contributed by atoms with van der Waals surface area (Å²) in [6.07, 6.45) is 4.55. The van der Waals surface area contributed by atoms with Crippen molar-refractivity contribution in [2.24, 2.45) is 0 Å². The van der Waals surface area contributed by atoms with Gasteiger partial charge in [0.25, 0.3) is 5.91 Å². The predicted molar refractivity (Wildman–Crippen MR) is 112 cm³/mol. The van der Waals surface area contributed by atoms with Gasteiger partial charge in [-0.05, 0) is 50.3 Å². The van der Waals surface area contributed by atoms with Crippen molar-refractivity contribution in [3.05, 3.63) is 41.2 Å². The van der Waals surface area contributed by atoms with Crippen molar-refractivity contribution < 1.29 is 9.59 Å². The smallest absolute Gasteiger partial charge is 0.253 e. The highest BCUT2D eigenvalue weighted by Gasteiger charge is 2.30. The van der Waals surface area contributed by atoms with E-state index in [0.717, 1.165) is 49.0 Å². The van der Waals surface area contributed by atoms with Gasteiger partial charge in [0.15, 0.2) is 5.16 Å². The largest absolute Gasteiger partial charge is 0.351 e. The van der Waals surface area contributed by atoms with Gasteiger partial charge in [0, 0.05) is 37.7 Å². The van der Waals surface area contributed by atoms with Crippen LogP contribution in [0.2, 0.25) is 0 Å². The Labute approximate surface area is 175 Å². The number of thioether (sulfide) groups is 1. The first kappa shape index (κ1) is 19.9. The number of amides is 2. The van der Waals surface area contributed by atoms with Crippen molar-refractivity contribution in [2.45, 2.75) is 56.8 Å². The first-order valence-electron chi connectivity index (χ1n) is 10.4. The summed E-state index contributed by atoms with van der Waals surface area (Å²) in [6, 6.07) is 7.51. The zero-order valence-electron chi connectivity index (χ0n) is 16.8. The Kier molecular flexibility index (Phi) is 6.18. The Morgan fingerprint density at radius 2 is 1.86 bits per heavy atom. The van der Waals surface area contributed by atoms with Crippen LogP contribution in [0.5, 0.6) is 0 Å². The van der Waals surface area contributed by atoms with E-state index in [4.69, 9.17) is 0 Å². The number of nitrogens with zero attached hydrogens (tertiary/aromatic N) is 4. The van der Waals surface area contributed by atoms with E-state index in [0.29, 0.717) is 23.8 Å². The quantitative estimate of drug-likeness (QED) is 0.673. The van der Waals surface area contributed by atoms with Crippen LogP contribution >= 0.6 is 11.8 Å². The fourth-order valence-corrected chi connectivity index (χ4v) is 4.44. The number of likely N-dealkylation sites (tertiary alicyclic amines) is 1. The molecule has 29 heavy (non-hydrogen) atoms. The summed E-state index contributed by atoms with van der Waals surface area (Å²) in [6.45, 7) is 5.05. The van der Waals surface area contributed by atoms with Crippen LogP contribution in [0, 0.1) is 0 Å². The van der Waals surface area contributed by atoms with Crippen molar-refractivity contribution in [3.63, 3.8) is 0 Å². The normalized spacial score (nSPS) is 16.2. The third kappa shape index (κ3) is 4.80. The van der Waals surface area contributed by atoms with Gasteiger partial charge >= 0.3 is 0 Å². The minimum absolute atomic E-state index is 0.0363. The molecular formula is C21H27N5O2S. The molecule has 2 aromatic rings. The summed E-state index contributed by atoms with van der Waals surface area (Å²) in [4.78, 5) is 26.5. The standard InChI is InChI=1S/C21H27N5O2S/c1-2-26-19(16-9-10-16)23-24-21(26)29-14-18(27)22-13-15-5-7-17(8-6-15)20(28)25-11-3-4-12-25/h5-8,16H,2-4,9-14H2,1H3,(H,22,27). The van der Waals surface area contributed by atoms with Crippen molar-refractivity contribution >= 4 is 23.6 Å². The number of aromatic nitrogens is 3. The minimum Gasteiger partial charge on any atom is -0.351 e. The van der Waals surface area contributed by atoms with E-state index >= 15 is 0 Å². The number of rotatable bonds is 8. The zero-order valence-corrected chi connectivity index (χ0v) is 17.6. The summed E-state index contributed by atoms with van der Waals surface area (Å²) < 4.78 is 2.12. The maximum atomic E-state index is 12.4. The van der Waals surface area contributed by atoms with Crippen molar-refractivity contribution in [2.75, 3.05) is 18.8 Å². The first-order chi connectivity index (χ1) is 14.2. The number of carbonyl (C=O) groups is 2. The molecule has 1 aliphatic heterocycles. The molecule has 0 unspecified atom stereocenters. The Morgan fingerprint density at radius 3 is 2.52 bits per heavy atom. The maximum absolute atomic E-state index is 12.4. The third-order valence-corrected chi connectivity index (χ3v) is 6.39. The maximum Gasteiger partial charge on any atom is 0.253 e. The lowest BCUT2D eigenvalue weighted by atomic mass is 10.1. The van der Waals surface area contributed by atoms with E-state index in [9.17, 15) is 9.59 Å². The molecule has 1 saturated heterocycles. The number of nitrogens with one attached hydrogen (secondary N) is 1. The fraction of sp³-hybridized carbons (Fsp3) is 0.524. The van der Waals surface area contributed by atoms with Crippen LogP contribution in [-0.4, -0.2) is 50.3 Å². The lowest BCUT2D eigenvalue weighted by Crippen LogP contribution is -2.27. The molecule has 2 amide bonds. The van der Waals surface area contributed by atoms with Gasteiger partial charge in [-0.2, -0.15) is 0 Å². The lowest BCUT2D eigenvalue weighted by molar-refractivity contribution is -0.118. The highest BCUT2D eigenvalue weighted by Crippen LogP contribution is 2.39. The number of hydrogen-bond acceptors (Lipinski definition) is 5. The molecule has 0 atom stereocenters. The topological polar surface area (TPSA) is 80.1 Å². The molecule has 2 fully saturated rings. The molecule has 0 bridgehead atoms. The SMILES string of the molecule is CCn1c(SCC(=O)NCc2ccc(C(=O)N3CCCC3)cc2)nnc1C1CC1. The van der Waals surface area contributed by atoms with Gasteiger partial charge in [-0.25, -0.2) is 0 Å². The summed E-state index contributed by atoms with van der Waals surface area (Å²) >= 11 is 1.43. The second kappa shape index (κ2) is 8.98. The fourth-order valence-electron chi connectivity index (χ4n) is 3.60. The Balaban J connectivity index is 1.25. The van der Waals surface area contributed by atoms with Gasteiger partial charge in [0.05, 0.1) is 5.75 Å². The molecule has 1 N–H and O–H groups in total. The summed E-state index contributed by atoms with van der Waals surface area (Å²) in [7, 11) is 0. The van der Waals surface area contributed by atoms with Crippen LogP contribution < -0.4 is 5.32 Å². The summed E-state index contributed by atoms with van der Waals surface area (Å²) in [5, 5.41) is 12.3. The highest BCUT2D eigenvalue weighted by molar-refractivity contribution is 7.99. The molecule has 154 valence electrons. The predicted octanol–water partition coefficient (Wildman–Crippen LogP) is 2.82. The van der Waals surface area contributed by atoms with Gasteiger partial charge in [0.2, 0.25) is 5.91 Å². The Hall–Kier alpha value is -2.35. The Morgan fingerprint density at radius 1 is 1.14 bits per heavy atom. The third-order valence-electron chi connectivity index (χ3n) is 5.42. The second-order valence-electron chi connectivity index (χ2n) is 7.62. The Bertz CT molecular complexity index is 870. The molecule has 0 spiro atoms. The molecule has 0 radical (unpaired) electrons. The summed E-state index contributed by atoms with van der Waals surface area (Å²) in [5.41, 5.74) is 1.69. The van der Waals surface area contributed by atoms with Crippen LogP contribution in [0.15, 0.2) is 29.4 Å². The zero-order chi connectivity index (χ0) is 20.2. The van der Waals surface area contributed by atoms with Gasteiger partial charge in [-0.15, -0.1) is 10.2 Å². The molecule has 4 rings (SSSR count). The number of hydrogen-bond donors (Lipinski definition) is 1. The molecule has 7 nitrogen and oxygen atoms in total. The lowest BCUT2D eigenvalue weighted by Gasteiger charge is -2.15. The number of carbonyl (C=O) groups excluding carboxylic acids is 2. The molecule has 2 aliphatic rings. The monoisotopic (exact) mass is 413 g/mol. The average Bonchev–Trinajstić information content (AvgIpc) is 3.28. The van der Waals surface area contributed by atoms with Crippen LogP contribution in [0.25, 0.3) is 0 Å². The molecule has 1 aliphatic carbocycles. The molecule has 2 heterocycles. The van der Waals surface area contributed by atoms with Crippen molar-refractivity contribution in [1.29, 1.82) is 0 Å². The van der Waals surface area contributed by atoms with E-state index in [2.05, 4.69) is 27.0 Å². The highest BCUT2D eigenvalue weighted by atomic mass is 32.2.